The summed E-state index contributed by atoms with van der Waals surface area (Å²) >= 11 is 1.58. The SMILES string of the molecule is Cc1csc([C@H](O)COCCN(C)C)c1. The van der Waals surface area contributed by atoms with Crippen molar-refractivity contribution < 1.29 is 9.84 Å². The van der Waals surface area contributed by atoms with Gasteiger partial charge in [-0.2, -0.15) is 0 Å². The Labute approximate surface area is 95.3 Å². The topological polar surface area (TPSA) is 32.7 Å². The van der Waals surface area contributed by atoms with Crippen LogP contribution in [0.25, 0.3) is 0 Å². The highest BCUT2D eigenvalue weighted by atomic mass is 32.1. The molecule has 0 bridgehead atoms. The summed E-state index contributed by atoms with van der Waals surface area (Å²) < 4.78 is 5.38. The monoisotopic (exact) mass is 229 g/mol. The summed E-state index contributed by atoms with van der Waals surface area (Å²) in [5.41, 5.74) is 1.20. The van der Waals surface area contributed by atoms with Crippen molar-refractivity contribution in [2.24, 2.45) is 0 Å². The molecule has 1 aromatic rings. The molecule has 0 aliphatic rings. The van der Waals surface area contributed by atoms with Crippen LogP contribution in [0.3, 0.4) is 0 Å². The maximum absolute atomic E-state index is 9.77. The van der Waals surface area contributed by atoms with E-state index in [1.807, 2.05) is 32.5 Å². The Morgan fingerprint density at radius 3 is 2.80 bits per heavy atom. The van der Waals surface area contributed by atoms with Crippen LogP contribution >= 0.6 is 11.3 Å². The normalized spacial score (nSPS) is 13.4. The van der Waals surface area contributed by atoms with Crippen molar-refractivity contribution in [2.45, 2.75) is 13.0 Å². The number of ether oxygens (including phenoxy) is 1. The largest absolute Gasteiger partial charge is 0.385 e. The van der Waals surface area contributed by atoms with E-state index in [0.717, 1.165) is 11.4 Å². The highest BCUT2D eigenvalue weighted by Gasteiger charge is 2.09. The van der Waals surface area contributed by atoms with Crippen molar-refractivity contribution in [3.05, 3.63) is 21.9 Å². The molecule has 1 rings (SSSR count). The maximum Gasteiger partial charge on any atom is 0.111 e. The number of aliphatic hydroxyl groups is 1. The summed E-state index contributed by atoms with van der Waals surface area (Å²) in [6.45, 7) is 3.96. The first-order valence-corrected chi connectivity index (χ1v) is 5.93. The van der Waals surface area contributed by atoms with Gasteiger partial charge >= 0.3 is 0 Å². The minimum absolute atomic E-state index is 0.383. The Bertz CT molecular complexity index is 286. The number of aryl methyl sites for hydroxylation is 1. The number of nitrogens with zero attached hydrogens (tertiary/aromatic N) is 1. The van der Waals surface area contributed by atoms with Crippen molar-refractivity contribution >= 4 is 11.3 Å². The minimum atomic E-state index is -0.481. The predicted molar refractivity (Wildman–Crippen MR) is 63.4 cm³/mol. The zero-order valence-electron chi connectivity index (χ0n) is 9.56. The van der Waals surface area contributed by atoms with Gasteiger partial charge in [0.2, 0.25) is 0 Å². The third-order valence-electron chi connectivity index (χ3n) is 2.04. The van der Waals surface area contributed by atoms with Crippen molar-refractivity contribution in [1.82, 2.24) is 4.90 Å². The first-order chi connectivity index (χ1) is 7.09. The molecule has 0 fully saturated rings. The standard InChI is InChI=1S/C11H19NO2S/c1-9-6-11(15-8-9)10(13)7-14-5-4-12(2)3/h6,8,10,13H,4-5,7H2,1-3H3/t10-/m1/s1. The Balaban J connectivity index is 2.21. The average Bonchev–Trinajstić information content (AvgIpc) is 2.59. The van der Waals surface area contributed by atoms with E-state index >= 15 is 0 Å². The van der Waals surface area contributed by atoms with Crippen LogP contribution in [-0.2, 0) is 4.74 Å². The molecule has 0 aliphatic carbocycles. The van der Waals surface area contributed by atoms with Crippen LogP contribution in [0.2, 0.25) is 0 Å². The maximum atomic E-state index is 9.77. The number of hydrogen-bond donors (Lipinski definition) is 1. The molecule has 0 saturated heterocycles. The molecule has 4 heteroatoms. The van der Waals surface area contributed by atoms with Crippen LogP contribution in [-0.4, -0.2) is 43.9 Å². The minimum Gasteiger partial charge on any atom is -0.385 e. The summed E-state index contributed by atoms with van der Waals surface area (Å²) in [7, 11) is 4.00. The van der Waals surface area contributed by atoms with E-state index in [4.69, 9.17) is 4.74 Å². The van der Waals surface area contributed by atoms with Crippen molar-refractivity contribution in [3.63, 3.8) is 0 Å². The van der Waals surface area contributed by atoms with Gasteiger partial charge in [-0.25, -0.2) is 0 Å². The quantitative estimate of drug-likeness (QED) is 0.753. The fraction of sp³-hybridized carbons (Fsp3) is 0.636. The molecule has 86 valence electrons. The van der Waals surface area contributed by atoms with Crippen LogP contribution in [0.1, 0.15) is 16.5 Å². The number of hydrogen-bond acceptors (Lipinski definition) is 4. The summed E-state index contributed by atoms with van der Waals surface area (Å²) in [6, 6.07) is 2.00. The molecule has 0 radical (unpaired) electrons. The smallest absolute Gasteiger partial charge is 0.111 e. The van der Waals surface area contributed by atoms with Crippen LogP contribution in [0.4, 0.5) is 0 Å². The van der Waals surface area contributed by atoms with Gasteiger partial charge in [0.05, 0.1) is 13.2 Å². The molecular formula is C11H19NO2S. The van der Waals surface area contributed by atoms with Gasteiger partial charge in [-0.15, -0.1) is 11.3 Å². The van der Waals surface area contributed by atoms with Crippen LogP contribution < -0.4 is 0 Å². The van der Waals surface area contributed by atoms with Crippen molar-refractivity contribution in [1.29, 1.82) is 0 Å². The van der Waals surface area contributed by atoms with Gasteiger partial charge in [0.25, 0.3) is 0 Å². The molecule has 15 heavy (non-hydrogen) atoms. The van der Waals surface area contributed by atoms with E-state index in [9.17, 15) is 5.11 Å². The summed E-state index contributed by atoms with van der Waals surface area (Å²) in [5, 5.41) is 11.8. The van der Waals surface area contributed by atoms with Gasteiger partial charge in [0.1, 0.15) is 6.10 Å². The van der Waals surface area contributed by atoms with Crippen molar-refractivity contribution in [2.75, 3.05) is 33.9 Å². The van der Waals surface area contributed by atoms with Gasteiger partial charge in [-0.3, -0.25) is 0 Å². The molecule has 0 aromatic carbocycles. The van der Waals surface area contributed by atoms with E-state index in [0.29, 0.717) is 13.2 Å². The molecule has 3 nitrogen and oxygen atoms in total. The third kappa shape index (κ3) is 4.75. The summed E-state index contributed by atoms with van der Waals surface area (Å²) in [6.07, 6.45) is -0.481. The molecule has 0 saturated carbocycles. The van der Waals surface area contributed by atoms with Gasteiger partial charge < -0.3 is 14.7 Å². The highest BCUT2D eigenvalue weighted by Crippen LogP contribution is 2.21. The van der Waals surface area contributed by atoms with Gasteiger partial charge in [0.15, 0.2) is 0 Å². The molecule has 0 aliphatic heterocycles. The lowest BCUT2D eigenvalue weighted by atomic mass is 10.2. The summed E-state index contributed by atoms with van der Waals surface area (Å²) in [5.74, 6) is 0. The van der Waals surface area contributed by atoms with E-state index in [2.05, 4.69) is 4.90 Å². The van der Waals surface area contributed by atoms with Crippen LogP contribution in [0, 0.1) is 6.92 Å². The fourth-order valence-electron chi connectivity index (χ4n) is 1.15. The zero-order valence-corrected chi connectivity index (χ0v) is 10.4. The van der Waals surface area contributed by atoms with Gasteiger partial charge in [0, 0.05) is 11.4 Å². The Morgan fingerprint density at radius 1 is 1.53 bits per heavy atom. The molecule has 1 heterocycles. The molecule has 0 amide bonds. The van der Waals surface area contributed by atoms with Crippen molar-refractivity contribution in [3.8, 4) is 0 Å². The third-order valence-corrected chi connectivity index (χ3v) is 3.19. The molecule has 0 unspecified atom stereocenters. The highest BCUT2D eigenvalue weighted by molar-refractivity contribution is 7.10. The Hall–Kier alpha value is -0.420. The lowest BCUT2D eigenvalue weighted by Crippen LogP contribution is -2.19. The van der Waals surface area contributed by atoms with Crippen LogP contribution in [0.5, 0.6) is 0 Å². The van der Waals surface area contributed by atoms with E-state index in [1.165, 1.54) is 5.56 Å². The number of rotatable bonds is 6. The number of likely N-dealkylation sites (N-methyl/N-ethyl adjacent to an activating group) is 1. The fourth-order valence-corrected chi connectivity index (χ4v) is 2.02. The van der Waals surface area contributed by atoms with E-state index < -0.39 is 6.10 Å². The second-order valence-electron chi connectivity index (χ2n) is 3.92. The van der Waals surface area contributed by atoms with Gasteiger partial charge in [-0.05, 0) is 38.0 Å². The predicted octanol–water partition coefficient (Wildman–Crippen LogP) is 1.67. The Kier molecular flexibility index (Phi) is 5.25. The molecule has 0 spiro atoms. The number of thiophene rings is 1. The first-order valence-electron chi connectivity index (χ1n) is 5.05. The zero-order chi connectivity index (χ0) is 11.3. The second-order valence-corrected chi connectivity index (χ2v) is 4.86. The Morgan fingerprint density at radius 2 is 2.27 bits per heavy atom. The molecular weight excluding hydrogens is 210 g/mol. The lowest BCUT2D eigenvalue weighted by Gasteiger charge is -2.12. The summed E-state index contributed by atoms with van der Waals surface area (Å²) in [4.78, 5) is 3.04. The molecule has 1 N–H and O–H groups in total. The average molecular weight is 229 g/mol. The van der Waals surface area contributed by atoms with Crippen LogP contribution in [0.15, 0.2) is 11.4 Å². The number of aliphatic hydroxyl groups excluding tert-OH is 1. The van der Waals surface area contributed by atoms with E-state index in [1.54, 1.807) is 11.3 Å². The van der Waals surface area contributed by atoms with Gasteiger partial charge in [-0.1, -0.05) is 0 Å². The second kappa shape index (κ2) is 6.23. The van der Waals surface area contributed by atoms with E-state index in [-0.39, 0.29) is 0 Å². The molecule has 1 aromatic heterocycles. The molecule has 1 atom stereocenters. The lowest BCUT2D eigenvalue weighted by molar-refractivity contribution is 0.0323. The first kappa shape index (κ1) is 12.6.